The van der Waals surface area contributed by atoms with E-state index in [-0.39, 0.29) is 11.5 Å². The van der Waals surface area contributed by atoms with E-state index in [0.717, 1.165) is 12.0 Å². The summed E-state index contributed by atoms with van der Waals surface area (Å²) in [6.07, 6.45) is 11.2. The normalized spacial score (nSPS) is 18.0. The molecule has 1 atom stereocenters. The highest BCUT2D eigenvalue weighted by Crippen LogP contribution is 2.42. The Morgan fingerprint density at radius 2 is 1.83 bits per heavy atom. The van der Waals surface area contributed by atoms with Crippen LogP contribution < -0.4 is 0 Å². The van der Waals surface area contributed by atoms with Crippen LogP contribution in [0.4, 0.5) is 0 Å². The first-order chi connectivity index (χ1) is 11.5. The van der Waals surface area contributed by atoms with Gasteiger partial charge in [-0.2, -0.15) is 0 Å². The second-order valence-corrected chi connectivity index (χ2v) is 9.21. The molecule has 0 aromatic heterocycles. The molecule has 1 aromatic carbocycles. The standard InChI is InChI=1S/C22H36OS/c1-5-6-7-8-9-10-12-18-15-21-20(16-19(18)17(2)23)22(3,4)13-11-14-24-21/h15-17,23H,5-14H2,1-4H3. The molecule has 0 saturated heterocycles. The van der Waals surface area contributed by atoms with Crippen LogP contribution in [0.5, 0.6) is 0 Å². The summed E-state index contributed by atoms with van der Waals surface area (Å²) in [6, 6.07) is 4.73. The highest BCUT2D eigenvalue weighted by molar-refractivity contribution is 7.99. The van der Waals surface area contributed by atoms with Crippen LogP contribution in [0.3, 0.4) is 0 Å². The first-order valence-electron chi connectivity index (χ1n) is 9.94. The van der Waals surface area contributed by atoms with E-state index in [1.165, 1.54) is 73.1 Å². The van der Waals surface area contributed by atoms with Crippen LogP contribution in [0, 0.1) is 0 Å². The van der Waals surface area contributed by atoms with Gasteiger partial charge < -0.3 is 5.11 Å². The van der Waals surface area contributed by atoms with Crippen LogP contribution in [-0.4, -0.2) is 10.9 Å². The number of rotatable bonds is 8. The summed E-state index contributed by atoms with van der Waals surface area (Å²) in [5.74, 6) is 1.22. The lowest BCUT2D eigenvalue weighted by Gasteiger charge is -2.27. The second-order valence-electron chi connectivity index (χ2n) is 8.08. The van der Waals surface area contributed by atoms with E-state index >= 15 is 0 Å². The molecule has 1 aliphatic heterocycles. The van der Waals surface area contributed by atoms with Crippen LogP contribution in [0.25, 0.3) is 0 Å². The van der Waals surface area contributed by atoms with E-state index < -0.39 is 0 Å². The molecule has 1 heterocycles. The molecule has 1 N–H and O–H groups in total. The Morgan fingerprint density at radius 3 is 2.54 bits per heavy atom. The van der Waals surface area contributed by atoms with Crippen molar-refractivity contribution >= 4 is 11.8 Å². The first kappa shape index (κ1) is 19.8. The molecule has 0 aliphatic carbocycles. The third-order valence-corrected chi connectivity index (χ3v) is 6.57. The number of aliphatic hydroxyl groups is 1. The van der Waals surface area contributed by atoms with E-state index in [1.54, 1.807) is 0 Å². The fourth-order valence-corrected chi connectivity index (χ4v) is 5.04. The van der Waals surface area contributed by atoms with Crippen molar-refractivity contribution in [1.82, 2.24) is 0 Å². The van der Waals surface area contributed by atoms with E-state index in [9.17, 15) is 5.11 Å². The largest absolute Gasteiger partial charge is 0.389 e. The maximum atomic E-state index is 10.3. The van der Waals surface area contributed by atoms with E-state index in [4.69, 9.17) is 0 Å². The molecule has 1 nitrogen and oxygen atoms in total. The summed E-state index contributed by atoms with van der Waals surface area (Å²) < 4.78 is 0. The molecule has 0 saturated carbocycles. The molecule has 24 heavy (non-hydrogen) atoms. The summed E-state index contributed by atoms with van der Waals surface area (Å²) in [4.78, 5) is 1.46. The van der Waals surface area contributed by atoms with Gasteiger partial charge in [0, 0.05) is 4.90 Å². The predicted molar refractivity (Wildman–Crippen MR) is 107 cm³/mol. The maximum Gasteiger partial charge on any atom is 0.0764 e. The van der Waals surface area contributed by atoms with E-state index in [1.807, 2.05) is 18.7 Å². The molecular weight excluding hydrogens is 312 g/mol. The van der Waals surface area contributed by atoms with Crippen LogP contribution >= 0.6 is 11.8 Å². The topological polar surface area (TPSA) is 20.2 Å². The molecule has 0 fully saturated rings. The lowest BCUT2D eigenvalue weighted by atomic mass is 9.79. The van der Waals surface area contributed by atoms with Crippen LogP contribution in [0.2, 0.25) is 0 Å². The van der Waals surface area contributed by atoms with Gasteiger partial charge in [-0.25, -0.2) is 0 Å². The summed E-state index contributed by atoms with van der Waals surface area (Å²) in [5, 5.41) is 10.3. The summed E-state index contributed by atoms with van der Waals surface area (Å²) in [7, 11) is 0. The van der Waals surface area contributed by atoms with Crippen LogP contribution in [0.15, 0.2) is 17.0 Å². The molecular formula is C22H36OS. The number of benzene rings is 1. The van der Waals surface area contributed by atoms with Crippen molar-refractivity contribution in [3.63, 3.8) is 0 Å². The SMILES string of the molecule is CCCCCCCCc1cc2c(cc1C(C)O)C(C)(C)CCCS2. The van der Waals surface area contributed by atoms with Gasteiger partial charge in [-0.15, -0.1) is 11.8 Å². The Hall–Kier alpha value is -0.470. The van der Waals surface area contributed by atoms with Crippen LogP contribution in [0.1, 0.15) is 102 Å². The number of fused-ring (bicyclic) bond motifs is 1. The van der Waals surface area contributed by atoms with Gasteiger partial charge >= 0.3 is 0 Å². The molecule has 1 aliphatic rings. The number of thioether (sulfide) groups is 1. The zero-order valence-corrected chi connectivity index (χ0v) is 17.0. The number of aliphatic hydroxyl groups excluding tert-OH is 1. The third-order valence-electron chi connectivity index (χ3n) is 5.42. The van der Waals surface area contributed by atoms with Gasteiger partial charge in [0.1, 0.15) is 0 Å². The molecule has 0 amide bonds. The smallest absolute Gasteiger partial charge is 0.0764 e. The highest BCUT2D eigenvalue weighted by atomic mass is 32.2. The molecule has 2 heteroatoms. The van der Waals surface area contributed by atoms with Gasteiger partial charge in [-0.1, -0.05) is 58.9 Å². The first-order valence-corrected chi connectivity index (χ1v) is 10.9. The Bertz CT molecular complexity index is 519. The zero-order chi connectivity index (χ0) is 17.6. The zero-order valence-electron chi connectivity index (χ0n) is 16.2. The molecule has 1 unspecified atom stereocenters. The minimum absolute atomic E-state index is 0.223. The van der Waals surface area contributed by atoms with Gasteiger partial charge in [0.15, 0.2) is 0 Å². The number of aryl methyl sites for hydroxylation is 1. The number of hydrogen-bond acceptors (Lipinski definition) is 2. The summed E-state index contributed by atoms with van der Waals surface area (Å²) in [5.41, 5.74) is 4.22. The van der Waals surface area contributed by atoms with Crippen molar-refractivity contribution in [2.45, 2.75) is 102 Å². The van der Waals surface area contributed by atoms with Crippen molar-refractivity contribution in [1.29, 1.82) is 0 Å². The molecule has 0 radical (unpaired) electrons. The minimum atomic E-state index is -0.366. The maximum absolute atomic E-state index is 10.3. The predicted octanol–water partition coefficient (Wildman–Crippen LogP) is 6.81. The van der Waals surface area contributed by atoms with E-state index in [2.05, 4.69) is 32.9 Å². The molecule has 136 valence electrons. The van der Waals surface area contributed by atoms with Gasteiger partial charge in [-0.3, -0.25) is 0 Å². The Morgan fingerprint density at radius 1 is 1.12 bits per heavy atom. The molecule has 1 aromatic rings. The summed E-state index contributed by atoms with van der Waals surface area (Å²) >= 11 is 2.02. The highest BCUT2D eigenvalue weighted by Gasteiger charge is 2.28. The Labute approximate surface area is 153 Å². The fourth-order valence-electron chi connectivity index (χ4n) is 3.82. The second kappa shape index (κ2) is 9.29. The molecule has 2 rings (SSSR count). The lowest BCUT2D eigenvalue weighted by molar-refractivity contribution is 0.197. The lowest BCUT2D eigenvalue weighted by Crippen LogP contribution is -2.18. The fraction of sp³-hybridized carbons (Fsp3) is 0.727. The summed E-state index contributed by atoms with van der Waals surface area (Å²) in [6.45, 7) is 8.90. The minimum Gasteiger partial charge on any atom is -0.389 e. The van der Waals surface area contributed by atoms with Gasteiger partial charge in [-0.05, 0) is 66.5 Å². The molecule has 0 bridgehead atoms. The Kier molecular flexibility index (Phi) is 7.68. The van der Waals surface area contributed by atoms with Gasteiger partial charge in [0.25, 0.3) is 0 Å². The number of unbranched alkanes of at least 4 members (excludes halogenated alkanes) is 5. The average Bonchev–Trinajstić information content (AvgIpc) is 2.68. The van der Waals surface area contributed by atoms with Crippen molar-refractivity contribution in [2.75, 3.05) is 5.75 Å². The Balaban J connectivity index is 2.14. The third kappa shape index (κ3) is 5.26. The van der Waals surface area contributed by atoms with Crippen molar-refractivity contribution < 1.29 is 5.11 Å². The van der Waals surface area contributed by atoms with E-state index in [0.29, 0.717) is 0 Å². The average molecular weight is 349 g/mol. The van der Waals surface area contributed by atoms with Crippen LogP contribution in [-0.2, 0) is 11.8 Å². The monoisotopic (exact) mass is 348 g/mol. The molecule has 0 spiro atoms. The van der Waals surface area contributed by atoms with Crippen molar-refractivity contribution in [3.05, 3.63) is 28.8 Å². The van der Waals surface area contributed by atoms with Gasteiger partial charge in [0.05, 0.1) is 6.10 Å². The van der Waals surface area contributed by atoms with Gasteiger partial charge in [0.2, 0.25) is 0 Å². The van der Waals surface area contributed by atoms with Crippen molar-refractivity contribution in [2.24, 2.45) is 0 Å². The number of hydrogen-bond donors (Lipinski definition) is 1. The quantitative estimate of drug-likeness (QED) is 0.521. The van der Waals surface area contributed by atoms with Crippen molar-refractivity contribution in [3.8, 4) is 0 Å².